The van der Waals surface area contributed by atoms with Crippen LogP contribution < -0.4 is 5.73 Å². The van der Waals surface area contributed by atoms with E-state index in [1.54, 1.807) is 7.11 Å². The Labute approximate surface area is 100 Å². The Morgan fingerprint density at radius 2 is 1.94 bits per heavy atom. The summed E-state index contributed by atoms with van der Waals surface area (Å²) >= 11 is 0. The fourth-order valence-corrected chi connectivity index (χ4v) is 2.60. The van der Waals surface area contributed by atoms with Gasteiger partial charge in [0.25, 0.3) is 0 Å². The third-order valence-corrected chi connectivity index (χ3v) is 3.91. The second-order valence-electron chi connectivity index (χ2n) is 5.15. The molecular weight excluding hydrogens is 200 g/mol. The summed E-state index contributed by atoms with van der Waals surface area (Å²) in [7, 11) is 1.77. The maximum atomic E-state index is 6.34. The molecule has 0 aromatic heterocycles. The van der Waals surface area contributed by atoms with Crippen molar-refractivity contribution in [3.63, 3.8) is 0 Å². The van der Waals surface area contributed by atoms with E-state index in [-0.39, 0.29) is 5.54 Å². The van der Waals surface area contributed by atoms with Gasteiger partial charge in [-0.1, -0.05) is 13.8 Å². The first-order chi connectivity index (χ1) is 7.65. The average molecular weight is 228 g/mol. The largest absolute Gasteiger partial charge is 0.383 e. The summed E-state index contributed by atoms with van der Waals surface area (Å²) in [6, 6.07) is 0.663. The highest BCUT2D eigenvalue weighted by Gasteiger charge is 2.35. The maximum Gasteiger partial charge on any atom is 0.0589 e. The highest BCUT2D eigenvalue weighted by molar-refractivity contribution is 4.96. The lowest BCUT2D eigenvalue weighted by Crippen LogP contribution is -2.57. The fourth-order valence-electron chi connectivity index (χ4n) is 2.60. The Bertz CT molecular complexity index is 188. The quantitative estimate of drug-likeness (QED) is 0.690. The SMILES string of the molecule is CCC(CC)N(CCOC)CC1(N)CCC1. The minimum atomic E-state index is 0.0936. The molecule has 1 rings (SSSR count). The molecule has 0 amide bonds. The Hall–Kier alpha value is -0.120. The van der Waals surface area contributed by atoms with Gasteiger partial charge in [-0.2, -0.15) is 0 Å². The van der Waals surface area contributed by atoms with Crippen LogP contribution in [0, 0.1) is 0 Å². The molecule has 0 heterocycles. The summed E-state index contributed by atoms with van der Waals surface area (Å²) < 4.78 is 5.20. The predicted molar refractivity (Wildman–Crippen MR) is 68.6 cm³/mol. The summed E-state index contributed by atoms with van der Waals surface area (Å²) in [6.07, 6.45) is 6.09. The molecule has 0 saturated heterocycles. The van der Waals surface area contributed by atoms with Crippen LogP contribution in [0.5, 0.6) is 0 Å². The lowest BCUT2D eigenvalue weighted by molar-refractivity contribution is 0.0727. The molecular formula is C13H28N2O. The molecule has 0 aromatic rings. The van der Waals surface area contributed by atoms with E-state index in [0.29, 0.717) is 6.04 Å². The van der Waals surface area contributed by atoms with Gasteiger partial charge < -0.3 is 10.5 Å². The van der Waals surface area contributed by atoms with E-state index in [9.17, 15) is 0 Å². The second kappa shape index (κ2) is 6.58. The zero-order valence-corrected chi connectivity index (χ0v) is 11.2. The van der Waals surface area contributed by atoms with Gasteiger partial charge in [-0.15, -0.1) is 0 Å². The zero-order valence-electron chi connectivity index (χ0n) is 11.2. The first-order valence-electron chi connectivity index (χ1n) is 6.67. The van der Waals surface area contributed by atoms with Crippen LogP contribution in [0.3, 0.4) is 0 Å². The van der Waals surface area contributed by atoms with Crippen molar-refractivity contribution in [1.82, 2.24) is 4.90 Å². The van der Waals surface area contributed by atoms with Crippen molar-refractivity contribution in [2.75, 3.05) is 26.8 Å². The van der Waals surface area contributed by atoms with Crippen molar-refractivity contribution in [2.45, 2.75) is 57.5 Å². The summed E-state index contributed by atoms with van der Waals surface area (Å²) in [4.78, 5) is 2.53. The second-order valence-corrected chi connectivity index (χ2v) is 5.15. The normalized spacial score (nSPS) is 19.1. The minimum Gasteiger partial charge on any atom is -0.383 e. The van der Waals surface area contributed by atoms with Crippen LogP contribution in [0.4, 0.5) is 0 Å². The van der Waals surface area contributed by atoms with E-state index in [1.165, 1.54) is 32.1 Å². The highest BCUT2D eigenvalue weighted by Crippen LogP contribution is 2.30. The molecule has 0 aromatic carbocycles. The van der Waals surface area contributed by atoms with Gasteiger partial charge in [0.15, 0.2) is 0 Å². The smallest absolute Gasteiger partial charge is 0.0589 e. The Morgan fingerprint density at radius 1 is 1.31 bits per heavy atom. The van der Waals surface area contributed by atoms with Crippen molar-refractivity contribution in [3.05, 3.63) is 0 Å². The molecule has 3 heteroatoms. The Balaban J connectivity index is 2.47. The molecule has 3 nitrogen and oxygen atoms in total. The van der Waals surface area contributed by atoms with E-state index < -0.39 is 0 Å². The van der Waals surface area contributed by atoms with Crippen molar-refractivity contribution < 1.29 is 4.74 Å². The van der Waals surface area contributed by atoms with Crippen LogP contribution in [0.15, 0.2) is 0 Å². The van der Waals surface area contributed by atoms with Crippen LogP contribution in [0.2, 0.25) is 0 Å². The summed E-state index contributed by atoms with van der Waals surface area (Å²) in [5.74, 6) is 0. The first-order valence-corrected chi connectivity index (χ1v) is 6.67. The van der Waals surface area contributed by atoms with Crippen molar-refractivity contribution in [3.8, 4) is 0 Å². The molecule has 2 N–H and O–H groups in total. The van der Waals surface area contributed by atoms with Crippen LogP contribution in [0.1, 0.15) is 46.0 Å². The average Bonchev–Trinajstić information content (AvgIpc) is 2.25. The molecule has 0 unspecified atom stereocenters. The molecule has 0 atom stereocenters. The van der Waals surface area contributed by atoms with Gasteiger partial charge in [-0.05, 0) is 32.1 Å². The van der Waals surface area contributed by atoms with Crippen molar-refractivity contribution in [1.29, 1.82) is 0 Å². The standard InChI is InChI=1S/C13H28N2O/c1-4-12(5-2)15(9-10-16-3)11-13(14)7-6-8-13/h12H,4-11,14H2,1-3H3. The summed E-state index contributed by atoms with van der Waals surface area (Å²) in [5, 5.41) is 0. The van der Waals surface area contributed by atoms with E-state index >= 15 is 0 Å². The van der Waals surface area contributed by atoms with E-state index in [1.807, 2.05) is 0 Å². The fraction of sp³-hybridized carbons (Fsp3) is 1.00. The number of nitrogens with zero attached hydrogens (tertiary/aromatic N) is 1. The molecule has 0 radical (unpaired) electrons. The third-order valence-electron chi connectivity index (χ3n) is 3.91. The monoisotopic (exact) mass is 228 g/mol. The summed E-state index contributed by atoms with van der Waals surface area (Å²) in [5.41, 5.74) is 6.43. The topological polar surface area (TPSA) is 38.5 Å². The van der Waals surface area contributed by atoms with Gasteiger partial charge in [0.1, 0.15) is 0 Å². The van der Waals surface area contributed by atoms with E-state index in [4.69, 9.17) is 10.5 Å². The van der Waals surface area contributed by atoms with Crippen LogP contribution in [0.25, 0.3) is 0 Å². The number of rotatable bonds is 8. The Kier molecular flexibility index (Phi) is 5.73. The molecule has 0 aliphatic heterocycles. The highest BCUT2D eigenvalue weighted by atomic mass is 16.5. The molecule has 0 spiro atoms. The molecule has 1 saturated carbocycles. The van der Waals surface area contributed by atoms with Gasteiger partial charge in [0.2, 0.25) is 0 Å². The van der Waals surface area contributed by atoms with Crippen molar-refractivity contribution >= 4 is 0 Å². The molecule has 1 aliphatic carbocycles. The molecule has 0 bridgehead atoms. The molecule has 16 heavy (non-hydrogen) atoms. The Morgan fingerprint density at radius 3 is 2.31 bits per heavy atom. The van der Waals surface area contributed by atoms with Crippen LogP contribution in [-0.2, 0) is 4.74 Å². The van der Waals surface area contributed by atoms with Gasteiger partial charge in [0, 0.05) is 31.8 Å². The summed E-state index contributed by atoms with van der Waals surface area (Å²) in [6.45, 7) is 7.40. The van der Waals surface area contributed by atoms with Gasteiger partial charge in [-0.25, -0.2) is 0 Å². The number of hydrogen-bond donors (Lipinski definition) is 1. The predicted octanol–water partition coefficient (Wildman–Crippen LogP) is 2.00. The first kappa shape index (κ1) is 13.9. The minimum absolute atomic E-state index is 0.0936. The van der Waals surface area contributed by atoms with Crippen LogP contribution in [-0.4, -0.2) is 43.3 Å². The van der Waals surface area contributed by atoms with E-state index in [2.05, 4.69) is 18.7 Å². The third kappa shape index (κ3) is 3.72. The number of nitrogens with two attached hydrogens (primary N) is 1. The van der Waals surface area contributed by atoms with E-state index in [0.717, 1.165) is 19.7 Å². The van der Waals surface area contributed by atoms with Crippen LogP contribution >= 0.6 is 0 Å². The van der Waals surface area contributed by atoms with Gasteiger partial charge in [0.05, 0.1) is 6.61 Å². The lowest BCUT2D eigenvalue weighted by Gasteiger charge is -2.44. The zero-order chi connectivity index (χ0) is 12.0. The van der Waals surface area contributed by atoms with Gasteiger partial charge >= 0.3 is 0 Å². The maximum absolute atomic E-state index is 6.34. The van der Waals surface area contributed by atoms with Gasteiger partial charge in [-0.3, -0.25) is 4.90 Å². The van der Waals surface area contributed by atoms with Crippen molar-refractivity contribution in [2.24, 2.45) is 5.73 Å². The molecule has 1 aliphatic rings. The molecule has 96 valence electrons. The number of hydrogen-bond acceptors (Lipinski definition) is 3. The number of methoxy groups -OCH3 is 1. The lowest BCUT2D eigenvalue weighted by atomic mass is 9.77. The number of ether oxygens (including phenoxy) is 1. The molecule has 1 fully saturated rings.